The van der Waals surface area contributed by atoms with E-state index in [1.807, 2.05) is 0 Å². The van der Waals surface area contributed by atoms with Gasteiger partial charge in [-0.25, -0.2) is 5.43 Å². The Bertz CT molecular complexity index is 1360. The largest absolute Gasteiger partial charge is 0.619 e. The second kappa shape index (κ2) is 11.4. The number of amides is 2. The van der Waals surface area contributed by atoms with E-state index in [2.05, 4.69) is 10.5 Å². The van der Waals surface area contributed by atoms with Crippen LogP contribution >= 0.6 is 11.6 Å². The number of halogens is 1. The van der Waals surface area contributed by atoms with Crippen molar-refractivity contribution in [3.63, 3.8) is 0 Å². The number of ketones is 1. The Hall–Kier alpha value is -4.24. The summed E-state index contributed by atoms with van der Waals surface area (Å²) < 4.78 is 6.55. The molecule has 196 valence electrons. The lowest BCUT2D eigenvalue weighted by Crippen LogP contribution is -2.51. The van der Waals surface area contributed by atoms with Crippen LogP contribution in [0, 0.1) is 5.21 Å². The molecule has 1 N–H and O–H groups in total. The highest BCUT2D eigenvalue weighted by atomic mass is 35.5. The Morgan fingerprint density at radius 1 is 0.974 bits per heavy atom. The predicted molar refractivity (Wildman–Crippen MR) is 142 cm³/mol. The minimum absolute atomic E-state index is 0.136. The molecule has 2 aromatic carbocycles. The summed E-state index contributed by atoms with van der Waals surface area (Å²) in [7, 11) is 0. The number of benzene rings is 2. The van der Waals surface area contributed by atoms with Gasteiger partial charge in [0.05, 0.1) is 0 Å². The van der Waals surface area contributed by atoms with E-state index in [-0.39, 0.29) is 17.3 Å². The summed E-state index contributed by atoms with van der Waals surface area (Å²) in [5.41, 5.74) is 3.33. The lowest BCUT2D eigenvalue weighted by atomic mass is 10.0. The Morgan fingerprint density at radius 3 is 2.18 bits per heavy atom. The second-order valence-corrected chi connectivity index (χ2v) is 9.77. The van der Waals surface area contributed by atoms with E-state index in [1.165, 1.54) is 24.5 Å². The fourth-order valence-corrected chi connectivity index (χ4v) is 4.15. The van der Waals surface area contributed by atoms with Gasteiger partial charge in [0.25, 0.3) is 11.8 Å². The number of likely N-dealkylation sites (tertiary alicyclic amines) is 1. The van der Waals surface area contributed by atoms with Crippen molar-refractivity contribution in [2.45, 2.75) is 32.3 Å². The maximum atomic E-state index is 13.2. The van der Waals surface area contributed by atoms with Gasteiger partial charge in [-0.1, -0.05) is 11.6 Å². The summed E-state index contributed by atoms with van der Waals surface area (Å²) in [6, 6.07) is 16.4. The minimum Gasteiger partial charge on any atom is -0.619 e. The van der Waals surface area contributed by atoms with Crippen molar-refractivity contribution in [2.24, 2.45) is 5.10 Å². The molecule has 2 amide bonds. The van der Waals surface area contributed by atoms with Gasteiger partial charge >= 0.3 is 0 Å². The molecule has 0 bridgehead atoms. The van der Waals surface area contributed by atoms with Crippen LogP contribution in [0.3, 0.4) is 0 Å². The third kappa shape index (κ3) is 6.54. The van der Waals surface area contributed by atoms with Crippen molar-refractivity contribution in [3.8, 4) is 5.75 Å². The van der Waals surface area contributed by atoms with Crippen LogP contribution in [0.2, 0.25) is 5.02 Å². The van der Waals surface area contributed by atoms with Gasteiger partial charge in [0.15, 0.2) is 23.8 Å². The van der Waals surface area contributed by atoms with E-state index in [0.717, 1.165) is 5.71 Å². The molecule has 0 atom stereocenters. The van der Waals surface area contributed by atoms with Gasteiger partial charge in [-0.3, -0.25) is 14.4 Å². The molecule has 1 aromatic heterocycles. The zero-order valence-electron chi connectivity index (χ0n) is 21.0. The van der Waals surface area contributed by atoms with Crippen LogP contribution in [0.15, 0.2) is 78.2 Å². The van der Waals surface area contributed by atoms with E-state index >= 15 is 0 Å². The topological polar surface area (TPSA) is 115 Å². The number of nitrogens with zero attached hydrogens (tertiary/aromatic N) is 3. The van der Waals surface area contributed by atoms with Crippen LogP contribution < -0.4 is 14.9 Å². The van der Waals surface area contributed by atoms with Crippen molar-refractivity contribution < 1.29 is 23.9 Å². The van der Waals surface area contributed by atoms with Gasteiger partial charge in [0.2, 0.25) is 0 Å². The van der Waals surface area contributed by atoms with Gasteiger partial charge in [0.1, 0.15) is 11.3 Å². The molecule has 38 heavy (non-hydrogen) atoms. The quantitative estimate of drug-likeness (QED) is 0.214. The van der Waals surface area contributed by atoms with Crippen LogP contribution in [0.1, 0.15) is 53.0 Å². The number of carbonyl (C=O) groups is 3. The molecule has 0 aliphatic carbocycles. The number of rotatable bonds is 7. The van der Waals surface area contributed by atoms with E-state index in [4.69, 9.17) is 16.3 Å². The number of nitrogens with one attached hydrogen (secondary N) is 1. The zero-order chi connectivity index (χ0) is 27.3. The Morgan fingerprint density at radius 2 is 1.58 bits per heavy atom. The fourth-order valence-electron chi connectivity index (χ4n) is 4.02. The smallest absolute Gasteiger partial charge is 0.277 e. The molecule has 0 radical (unpaired) electrons. The number of ether oxygens (including phenoxy) is 1. The number of aromatic nitrogens is 1. The number of piperidine rings is 1. The van der Waals surface area contributed by atoms with Crippen molar-refractivity contribution >= 4 is 34.9 Å². The number of hydrogen-bond donors (Lipinski definition) is 1. The molecule has 10 heteroatoms. The van der Waals surface area contributed by atoms with E-state index in [1.54, 1.807) is 67.3 Å². The van der Waals surface area contributed by atoms with Gasteiger partial charge in [-0.2, -0.15) is 9.83 Å². The van der Waals surface area contributed by atoms with Crippen molar-refractivity contribution in [3.05, 3.63) is 100.0 Å². The number of hydrazone groups is 1. The van der Waals surface area contributed by atoms with Crippen LogP contribution in [0.25, 0.3) is 0 Å². The summed E-state index contributed by atoms with van der Waals surface area (Å²) in [6.45, 7) is 4.27. The fraction of sp³-hybridized carbons (Fsp3) is 0.250. The van der Waals surface area contributed by atoms with Gasteiger partial charge in [-0.05, 0) is 68.4 Å². The zero-order valence-corrected chi connectivity index (χ0v) is 21.8. The van der Waals surface area contributed by atoms with Crippen molar-refractivity contribution in [2.75, 3.05) is 13.1 Å². The van der Waals surface area contributed by atoms with Crippen LogP contribution in [-0.2, 0) is 4.79 Å². The highest BCUT2D eigenvalue weighted by Crippen LogP contribution is 2.23. The Labute approximate surface area is 225 Å². The monoisotopic (exact) mass is 534 g/mol. The van der Waals surface area contributed by atoms with Gasteiger partial charge in [0, 0.05) is 53.9 Å². The SMILES string of the molecule is CC(C)(Oc1ccc(C(=O)c2ccc(Cl)cc2)cc1)C(=O)N1CCC(=NNC(=O)c2ccc[n+]([O-])c2)CC1. The highest BCUT2D eigenvalue weighted by Gasteiger charge is 2.35. The molecule has 0 spiro atoms. The first kappa shape index (κ1) is 26.8. The highest BCUT2D eigenvalue weighted by molar-refractivity contribution is 6.30. The average Bonchev–Trinajstić information content (AvgIpc) is 2.92. The lowest BCUT2D eigenvalue weighted by Gasteiger charge is -2.34. The number of hydrogen-bond acceptors (Lipinski definition) is 6. The first-order valence-corrected chi connectivity index (χ1v) is 12.4. The molecule has 1 aliphatic rings. The molecule has 3 aromatic rings. The summed E-state index contributed by atoms with van der Waals surface area (Å²) in [6.07, 6.45) is 3.46. The van der Waals surface area contributed by atoms with Crippen LogP contribution in [0.4, 0.5) is 0 Å². The second-order valence-electron chi connectivity index (χ2n) is 9.34. The lowest BCUT2D eigenvalue weighted by molar-refractivity contribution is -0.605. The Kier molecular flexibility index (Phi) is 8.07. The van der Waals surface area contributed by atoms with Crippen molar-refractivity contribution in [1.82, 2.24) is 10.3 Å². The van der Waals surface area contributed by atoms with Gasteiger partial charge < -0.3 is 14.8 Å². The molecule has 1 fully saturated rings. The van der Waals surface area contributed by atoms with E-state index in [0.29, 0.717) is 52.6 Å². The molecule has 0 saturated carbocycles. The first-order chi connectivity index (χ1) is 18.1. The minimum atomic E-state index is -1.13. The van der Waals surface area contributed by atoms with E-state index < -0.39 is 11.5 Å². The molecule has 2 heterocycles. The average molecular weight is 535 g/mol. The number of pyridine rings is 1. The molecule has 0 unspecified atom stereocenters. The molecule has 4 rings (SSSR count). The summed E-state index contributed by atoms with van der Waals surface area (Å²) in [5.74, 6) is -0.315. The van der Waals surface area contributed by atoms with E-state index in [9.17, 15) is 19.6 Å². The van der Waals surface area contributed by atoms with Crippen LogP contribution in [-0.4, -0.2) is 46.9 Å². The summed E-state index contributed by atoms with van der Waals surface area (Å²) in [4.78, 5) is 39.8. The first-order valence-electron chi connectivity index (χ1n) is 12.1. The summed E-state index contributed by atoms with van der Waals surface area (Å²) in [5, 5.41) is 16.1. The summed E-state index contributed by atoms with van der Waals surface area (Å²) >= 11 is 5.90. The van der Waals surface area contributed by atoms with Crippen molar-refractivity contribution in [1.29, 1.82) is 0 Å². The third-order valence-electron chi connectivity index (χ3n) is 6.09. The third-order valence-corrected chi connectivity index (χ3v) is 6.34. The maximum Gasteiger partial charge on any atom is 0.277 e. The molecular formula is C28H27ClN4O5. The standard InChI is InChI=1S/C28H27ClN4O5/c1-28(2,38-24-11-7-20(8-12-24)25(34)19-5-9-22(29)10-6-19)27(36)32-16-13-23(14-17-32)30-31-26(35)21-4-3-15-33(37)18-21/h3-12,15,18H,13-14,16-17H2,1-2H3,(H,31,35). The molecule has 1 aliphatic heterocycles. The van der Waals surface area contributed by atoms with Crippen LogP contribution in [0.5, 0.6) is 5.75 Å². The molecule has 9 nitrogen and oxygen atoms in total. The molecule has 1 saturated heterocycles. The van der Waals surface area contributed by atoms with Gasteiger partial charge in [-0.15, -0.1) is 0 Å². The normalized spacial score (nSPS) is 13.6. The predicted octanol–water partition coefficient (Wildman–Crippen LogP) is 3.77. The maximum absolute atomic E-state index is 13.2. The molecular weight excluding hydrogens is 508 g/mol. The Balaban J connectivity index is 1.31. The number of carbonyl (C=O) groups excluding carboxylic acids is 3.